The summed E-state index contributed by atoms with van der Waals surface area (Å²) in [5.41, 5.74) is 0.849. The van der Waals surface area contributed by atoms with Gasteiger partial charge in [0.2, 0.25) is 16.8 Å². The second kappa shape index (κ2) is 6.80. The molecule has 7 heteroatoms. The van der Waals surface area contributed by atoms with Crippen molar-refractivity contribution >= 4 is 10.0 Å². The Bertz CT molecular complexity index is 807. The third-order valence-electron chi connectivity index (χ3n) is 3.89. The Morgan fingerprint density at radius 2 is 1.83 bits per heavy atom. The fraction of sp³-hybridized carbons (Fsp3) is 0.294. The summed E-state index contributed by atoms with van der Waals surface area (Å²) in [6, 6.07) is 13.3. The van der Waals surface area contributed by atoms with Crippen molar-refractivity contribution in [2.45, 2.75) is 24.4 Å². The molecule has 0 fully saturated rings. The number of nitrogens with zero attached hydrogens (tertiary/aromatic N) is 1. The first kappa shape index (κ1) is 16.8. The summed E-state index contributed by atoms with van der Waals surface area (Å²) in [7, 11) is -3.79. The summed E-state index contributed by atoms with van der Waals surface area (Å²) < 4.78 is 37.9. The number of ether oxygens (including phenoxy) is 2. The highest BCUT2D eigenvalue weighted by molar-refractivity contribution is 7.89. The molecule has 0 spiro atoms. The summed E-state index contributed by atoms with van der Waals surface area (Å²) in [4.78, 5) is 0.114. The van der Waals surface area contributed by atoms with Crippen molar-refractivity contribution in [3.8, 4) is 11.5 Å². The molecule has 2 aromatic rings. The van der Waals surface area contributed by atoms with E-state index in [2.05, 4.69) is 0 Å². The van der Waals surface area contributed by atoms with Crippen molar-refractivity contribution in [1.82, 2.24) is 4.31 Å². The van der Waals surface area contributed by atoms with Crippen LogP contribution in [0.25, 0.3) is 0 Å². The minimum atomic E-state index is -3.79. The maximum Gasteiger partial charge on any atom is 0.243 e. The number of aliphatic hydroxyl groups is 1. The molecule has 1 aliphatic rings. The van der Waals surface area contributed by atoms with E-state index in [9.17, 15) is 13.5 Å². The molecule has 128 valence electrons. The molecular formula is C17H19NO5S. The average Bonchev–Trinajstić information content (AvgIpc) is 3.07. The molecule has 1 heterocycles. The highest BCUT2D eigenvalue weighted by Crippen LogP contribution is 2.35. The van der Waals surface area contributed by atoms with E-state index in [0.29, 0.717) is 11.5 Å². The second-order valence-electron chi connectivity index (χ2n) is 5.58. The van der Waals surface area contributed by atoms with Crippen molar-refractivity contribution < 1.29 is 23.0 Å². The van der Waals surface area contributed by atoms with Gasteiger partial charge in [0.25, 0.3) is 0 Å². The predicted octanol–water partition coefficient (Wildman–Crippen LogP) is 1.99. The molecule has 0 unspecified atom stereocenters. The summed E-state index contributed by atoms with van der Waals surface area (Å²) >= 11 is 0. The van der Waals surface area contributed by atoms with Gasteiger partial charge in [-0.3, -0.25) is 0 Å². The van der Waals surface area contributed by atoms with Gasteiger partial charge in [-0.05, 0) is 24.6 Å². The molecule has 1 aliphatic heterocycles. The Morgan fingerprint density at radius 1 is 1.12 bits per heavy atom. The maximum absolute atomic E-state index is 13.1. The van der Waals surface area contributed by atoms with E-state index in [1.807, 2.05) is 30.3 Å². The quantitative estimate of drug-likeness (QED) is 0.863. The summed E-state index contributed by atoms with van der Waals surface area (Å²) in [5, 5.41) is 9.50. The number of aliphatic hydroxyl groups excluding tert-OH is 1. The van der Waals surface area contributed by atoms with E-state index in [1.54, 1.807) is 13.0 Å². The lowest BCUT2D eigenvalue weighted by Gasteiger charge is -2.27. The van der Waals surface area contributed by atoms with Gasteiger partial charge in [0.15, 0.2) is 11.5 Å². The van der Waals surface area contributed by atoms with Crippen LogP contribution in [-0.2, 0) is 16.6 Å². The molecule has 0 saturated carbocycles. The van der Waals surface area contributed by atoms with Gasteiger partial charge in [0, 0.05) is 18.7 Å². The predicted molar refractivity (Wildman–Crippen MR) is 88.3 cm³/mol. The topological polar surface area (TPSA) is 76.1 Å². The van der Waals surface area contributed by atoms with E-state index in [4.69, 9.17) is 9.47 Å². The normalized spacial score (nSPS) is 14.8. The Balaban J connectivity index is 1.96. The third-order valence-corrected chi connectivity index (χ3v) is 5.84. The molecule has 0 saturated heterocycles. The fourth-order valence-electron chi connectivity index (χ4n) is 2.50. The van der Waals surface area contributed by atoms with E-state index < -0.39 is 16.1 Å². The number of hydrogen-bond donors (Lipinski definition) is 1. The smallest absolute Gasteiger partial charge is 0.243 e. The number of benzene rings is 2. The van der Waals surface area contributed by atoms with Crippen LogP contribution in [0.4, 0.5) is 0 Å². The lowest BCUT2D eigenvalue weighted by molar-refractivity contribution is 0.174. The molecule has 0 bridgehead atoms. The lowest BCUT2D eigenvalue weighted by Crippen LogP contribution is -2.40. The van der Waals surface area contributed by atoms with Gasteiger partial charge in [-0.25, -0.2) is 8.42 Å². The zero-order valence-electron chi connectivity index (χ0n) is 13.3. The molecule has 6 nitrogen and oxygen atoms in total. The van der Waals surface area contributed by atoms with Gasteiger partial charge in [0.05, 0.1) is 11.5 Å². The SMILES string of the molecule is C[C@H](CO)N(Cc1ccccc1)S(=O)(=O)c1ccc2c(c1)OCO2. The highest BCUT2D eigenvalue weighted by atomic mass is 32.2. The van der Waals surface area contributed by atoms with E-state index in [1.165, 1.54) is 16.4 Å². The molecule has 0 aromatic heterocycles. The standard InChI is InChI=1S/C17H19NO5S/c1-13(11-19)18(10-14-5-3-2-4-6-14)24(20,21)15-7-8-16-17(9-15)23-12-22-16/h2-9,13,19H,10-12H2,1H3/t13-/m1/s1. The van der Waals surface area contributed by atoms with Crippen molar-refractivity contribution in [2.24, 2.45) is 0 Å². The molecule has 1 N–H and O–H groups in total. The van der Waals surface area contributed by atoms with Crippen molar-refractivity contribution in [3.63, 3.8) is 0 Å². The van der Waals surface area contributed by atoms with E-state index in [0.717, 1.165) is 5.56 Å². The second-order valence-corrected chi connectivity index (χ2v) is 7.47. The van der Waals surface area contributed by atoms with Gasteiger partial charge < -0.3 is 14.6 Å². The molecular weight excluding hydrogens is 330 g/mol. The number of sulfonamides is 1. The van der Waals surface area contributed by atoms with Crippen LogP contribution >= 0.6 is 0 Å². The Hall–Kier alpha value is -2.09. The molecule has 3 rings (SSSR count). The van der Waals surface area contributed by atoms with Gasteiger partial charge in [-0.1, -0.05) is 30.3 Å². The fourth-order valence-corrected chi connectivity index (χ4v) is 4.13. The summed E-state index contributed by atoms with van der Waals surface area (Å²) in [6.07, 6.45) is 0. The molecule has 24 heavy (non-hydrogen) atoms. The third kappa shape index (κ3) is 3.24. The van der Waals surface area contributed by atoms with Crippen LogP contribution in [0.15, 0.2) is 53.4 Å². The Kier molecular flexibility index (Phi) is 4.75. The van der Waals surface area contributed by atoms with Crippen LogP contribution in [0.5, 0.6) is 11.5 Å². The van der Waals surface area contributed by atoms with Gasteiger partial charge >= 0.3 is 0 Å². The number of rotatable bonds is 6. The van der Waals surface area contributed by atoms with Crippen LogP contribution in [0.2, 0.25) is 0 Å². The molecule has 0 amide bonds. The number of hydrogen-bond acceptors (Lipinski definition) is 5. The van der Waals surface area contributed by atoms with Crippen LogP contribution in [0, 0.1) is 0 Å². The molecule has 1 atom stereocenters. The minimum Gasteiger partial charge on any atom is -0.454 e. The Morgan fingerprint density at radius 3 is 2.54 bits per heavy atom. The van der Waals surface area contributed by atoms with Gasteiger partial charge in [-0.15, -0.1) is 0 Å². The zero-order valence-corrected chi connectivity index (χ0v) is 14.1. The first-order valence-electron chi connectivity index (χ1n) is 7.58. The van der Waals surface area contributed by atoms with Crippen LogP contribution in [0.1, 0.15) is 12.5 Å². The van der Waals surface area contributed by atoms with Crippen molar-refractivity contribution in [1.29, 1.82) is 0 Å². The first-order valence-corrected chi connectivity index (χ1v) is 9.02. The van der Waals surface area contributed by atoms with Crippen molar-refractivity contribution in [2.75, 3.05) is 13.4 Å². The van der Waals surface area contributed by atoms with Crippen LogP contribution in [-0.4, -0.2) is 37.3 Å². The summed E-state index contributed by atoms with van der Waals surface area (Å²) in [5.74, 6) is 0.936. The maximum atomic E-state index is 13.1. The van der Waals surface area contributed by atoms with E-state index in [-0.39, 0.29) is 24.8 Å². The minimum absolute atomic E-state index is 0.0829. The zero-order chi connectivity index (χ0) is 17.2. The highest BCUT2D eigenvalue weighted by Gasteiger charge is 2.30. The molecule has 2 aromatic carbocycles. The van der Waals surface area contributed by atoms with Gasteiger partial charge in [0.1, 0.15) is 0 Å². The summed E-state index contributed by atoms with van der Waals surface area (Å²) in [6.45, 7) is 1.67. The van der Waals surface area contributed by atoms with Crippen molar-refractivity contribution in [3.05, 3.63) is 54.1 Å². The van der Waals surface area contributed by atoms with Gasteiger partial charge in [-0.2, -0.15) is 4.31 Å². The molecule has 0 radical (unpaired) electrons. The number of fused-ring (bicyclic) bond motifs is 1. The lowest BCUT2D eigenvalue weighted by atomic mass is 10.2. The van der Waals surface area contributed by atoms with Crippen LogP contribution < -0.4 is 9.47 Å². The van der Waals surface area contributed by atoms with E-state index >= 15 is 0 Å². The largest absolute Gasteiger partial charge is 0.454 e. The Labute approximate surface area is 141 Å². The molecule has 0 aliphatic carbocycles. The van der Waals surface area contributed by atoms with Crippen LogP contribution in [0.3, 0.4) is 0 Å². The average molecular weight is 349 g/mol. The first-order chi connectivity index (χ1) is 11.5. The monoisotopic (exact) mass is 349 g/mol.